The molecule has 0 radical (unpaired) electrons. The van der Waals surface area contributed by atoms with Crippen molar-refractivity contribution in [3.8, 4) is 11.1 Å². The van der Waals surface area contributed by atoms with Crippen LogP contribution >= 0.6 is 0 Å². The van der Waals surface area contributed by atoms with E-state index >= 15 is 0 Å². The van der Waals surface area contributed by atoms with E-state index in [0.717, 1.165) is 24.0 Å². The molecule has 5 rings (SSSR count). The minimum atomic E-state index is -3.55. The lowest BCUT2D eigenvalue weighted by Gasteiger charge is -2.46. The average molecular weight is 427 g/mol. The molecule has 6 nitrogen and oxygen atoms in total. The van der Waals surface area contributed by atoms with Crippen LogP contribution in [0.4, 0.5) is 0 Å². The molecule has 2 aromatic rings. The molecule has 158 valence electrons. The van der Waals surface area contributed by atoms with Gasteiger partial charge in [0, 0.05) is 19.1 Å². The van der Waals surface area contributed by atoms with E-state index in [2.05, 4.69) is 0 Å². The fourth-order valence-corrected chi connectivity index (χ4v) is 5.94. The number of benzene rings is 2. The Balaban J connectivity index is 1.28. The fraction of sp³-hybridized carbons (Fsp3) is 0.435. The summed E-state index contributed by atoms with van der Waals surface area (Å²) in [7, 11) is -3.55. The van der Waals surface area contributed by atoms with E-state index < -0.39 is 15.6 Å². The molecule has 2 aliphatic heterocycles. The van der Waals surface area contributed by atoms with Crippen molar-refractivity contribution < 1.29 is 17.9 Å². The molecular formula is C23H26N2O4S. The summed E-state index contributed by atoms with van der Waals surface area (Å²) in [4.78, 5) is 14.4. The summed E-state index contributed by atoms with van der Waals surface area (Å²) in [6.45, 7) is 1.53. The number of sulfonamides is 1. The largest absolute Gasteiger partial charge is 0.363 e. The normalized spacial score (nSPS) is 22.4. The van der Waals surface area contributed by atoms with Gasteiger partial charge in [0.25, 0.3) is 0 Å². The third-order valence-electron chi connectivity index (χ3n) is 6.50. The maximum absolute atomic E-state index is 13.2. The molecule has 1 saturated carbocycles. The Hall–Kier alpha value is -2.22. The number of carbonyl (C=O) groups excluding carboxylic acids is 1. The topological polar surface area (TPSA) is 66.9 Å². The Labute approximate surface area is 177 Å². The highest BCUT2D eigenvalue weighted by atomic mass is 32.2. The molecule has 0 N–H and O–H groups in total. The highest BCUT2D eigenvalue weighted by Gasteiger charge is 2.47. The van der Waals surface area contributed by atoms with Crippen molar-refractivity contribution in [1.82, 2.24) is 9.21 Å². The van der Waals surface area contributed by atoms with Crippen LogP contribution in [0.1, 0.15) is 25.7 Å². The maximum atomic E-state index is 13.2. The van der Waals surface area contributed by atoms with Gasteiger partial charge in [-0.2, -0.15) is 4.31 Å². The van der Waals surface area contributed by atoms with Gasteiger partial charge >= 0.3 is 0 Å². The van der Waals surface area contributed by atoms with Gasteiger partial charge in [0.2, 0.25) is 15.9 Å². The zero-order valence-corrected chi connectivity index (χ0v) is 17.7. The van der Waals surface area contributed by atoms with Crippen LogP contribution < -0.4 is 0 Å². The van der Waals surface area contributed by atoms with Crippen LogP contribution in [-0.2, 0) is 19.6 Å². The van der Waals surface area contributed by atoms with Gasteiger partial charge in [0.1, 0.15) is 6.61 Å². The van der Waals surface area contributed by atoms with Crippen LogP contribution in [0.2, 0.25) is 0 Å². The third-order valence-corrected chi connectivity index (χ3v) is 8.41. The smallest absolute Gasteiger partial charge is 0.248 e. The molecule has 2 aromatic carbocycles. The van der Waals surface area contributed by atoms with E-state index in [-0.39, 0.29) is 12.5 Å². The standard InChI is InChI=1S/C23H26N2O4S/c26-22-16-29-23(17-25(22)20-8-9-20)12-14-24(15-13-23)30(27,28)21-10-6-19(7-11-21)18-4-2-1-3-5-18/h1-7,10-11,20H,8-9,12-17H2. The molecule has 2 saturated heterocycles. The Kier molecular flexibility index (Phi) is 4.92. The van der Waals surface area contributed by atoms with Crippen molar-refractivity contribution >= 4 is 15.9 Å². The first-order valence-corrected chi connectivity index (χ1v) is 12.0. The van der Waals surface area contributed by atoms with Gasteiger partial charge in [-0.15, -0.1) is 0 Å². The average Bonchev–Trinajstić information content (AvgIpc) is 3.62. The molecule has 2 heterocycles. The van der Waals surface area contributed by atoms with Crippen LogP contribution in [-0.4, -0.2) is 61.4 Å². The molecule has 1 spiro atoms. The number of morpholine rings is 1. The zero-order valence-electron chi connectivity index (χ0n) is 16.9. The molecule has 1 aliphatic carbocycles. The van der Waals surface area contributed by atoms with Crippen LogP contribution in [0.15, 0.2) is 59.5 Å². The SMILES string of the molecule is O=C1COC2(CCN(S(=O)(=O)c3ccc(-c4ccccc4)cc3)CC2)CN1C1CC1. The van der Waals surface area contributed by atoms with E-state index in [1.165, 1.54) is 0 Å². The molecule has 3 aliphatic rings. The minimum Gasteiger partial charge on any atom is -0.363 e. The van der Waals surface area contributed by atoms with E-state index in [1.807, 2.05) is 47.4 Å². The summed E-state index contributed by atoms with van der Waals surface area (Å²) in [5, 5.41) is 0. The molecule has 3 fully saturated rings. The van der Waals surface area contributed by atoms with Crippen molar-refractivity contribution in [3.05, 3.63) is 54.6 Å². The lowest BCUT2D eigenvalue weighted by Crippen LogP contribution is -2.59. The molecule has 0 atom stereocenters. The molecule has 1 amide bonds. The number of nitrogens with zero attached hydrogens (tertiary/aromatic N) is 2. The van der Waals surface area contributed by atoms with E-state index in [9.17, 15) is 13.2 Å². The highest BCUT2D eigenvalue weighted by Crippen LogP contribution is 2.37. The molecule has 0 aromatic heterocycles. The van der Waals surface area contributed by atoms with Gasteiger partial charge in [-0.1, -0.05) is 42.5 Å². The van der Waals surface area contributed by atoms with Gasteiger partial charge in [-0.05, 0) is 48.9 Å². The van der Waals surface area contributed by atoms with Crippen molar-refractivity contribution in [2.24, 2.45) is 0 Å². The number of hydrogen-bond donors (Lipinski definition) is 0. The van der Waals surface area contributed by atoms with E-state index in [1.54, 1.807) is 16.4 Å². The molecular weight excluding hydrogens is 400 g/mol. The van der Waals surface area contributed by atoms with Crippen LogP contribution in [0.3, 0.4) is 0 Å². The Morgan fingerprint density at radius 2 is 1.53 bits per heavy atom. The summed E-state index contributed by atoms with van der Waals surface area (Å²) < 4.78 is 33.8. The first-order chi connectivity index (χ1) is 14.5. The number of hydrogen-bond acceptors (Lipinski definition) is 4. The van der Waals surface area contributed by atoms with Crippen molar-refractivity contribution in [2.75, 3.05) is 26.2 Å². The van der Waals surface area contributed by atoms with E-state index in [4.69, 9.17) is 4.74 Å². The van der Waals surface area contributed by atoms with Gasteiger partial charge < -0.3 is 9.64 Å². The summed E-state index contributed by atoms with van der Waals surface area (Å²) in [6, 6.07) is 17.4. The van der Waals surface area contributed by atoms with Crippen LogP contribution in [0, 0.1) is 0 Å². The molecule has 30 heavy (non-hydrogen) atoms. The minimum absolute atomic E-state index is 0.0664. The summed E-state index contributed by atoms with van der Waals surface area (Å²) >= 11 is 0. The van der Waals surface area contributed by atoms with Crippen LogP contribution in [0.25, 0.3) is 11.1 Å². The quantitative estimate of drug-likeness (QED) is 0.754. The second-order valence-corrected chi connectivity index (χ2v) is 10.5. The summed E-state index contributed by atoms with van der Waals surface area (Å²) in [5.74, 6) is 0.0664. The summed E-state index contributed by atoms with van der Waals surface area (Å²) in [5.41, 5.74) is 1.65. The Bertz CT molecular complexity index is 1020. The number of amides is 1. The molecule has 0 bridgehead atoms. The lowest BCUT2D eigenvalue weighted by atomic mass is 9.90. The van der Waals surface area contributed by atoms with Gasteiger partial charge in [-0.25, -0.2) is 8.42 Å². The number of carbonyl (C=O) groups is 1. The maximum Gasteiger partial charge on any atom is 0.248 e. The summed E-state index contributed by atoms with van der Waals surface area (Å²) in [6.07, 6.45) is 3.37. The van der Waals surface area contributed by atoms with Crippen molar-refractivity contribution in [2.45, 2.75) is 42.2 Å². The first kappa shape index (κ1) is 19.7. The number of ether oxygens (including phenoxy) is 1. The molecule has 7 heteroatoms. The fourth-order valence-electron chi connectivity index (χ4n) is 4.50. The lowest BCUT2D eigenvalue weighted by molar-refractivity contribution is -0.170. The predicted molar refractivity (Wildman–Crippen MR) is 113 cm³/mol. The second kappa shape index (κ2) is 7.48. The highest BCUT2D eigenvalue weighted by molar-refractivity contribution is 7.89. The monoisotopic (exact) mass is 426 g/mol. The van der Waals surface area contributed by atoms with Crippen LogP contribution in [0.5, 0.6) is 0 Å². The Morgan fingerprint density at radius 3 is 2.17 bits per heavy atom. The third kappa shape index (κ3) is 3.66. The van der Waals surface area contributed by atoms with Crippen molar-refractivity contribution in [3.63, 3.8) is 0 Å². The number of rotatable bonds is 4. The Morgan fingerprint density at radius 1 is 0.900 bits per heavy atom. The second-order valence-electron chi connectivity index (χ2n) is 8.52. The first-order valence-electron chi connectivity index (χ1n) is 10.6. The van der Waals surface area contributed by atoms with E-state index in [0.29, 0.717) is 43.4 Å². The molecule has 0 unspecified atom stereocenters. The predicted octanol–water partition coefficient (Wildman–Crippen LogP) is 2.90. The zero-order chi connectivity index (χ0) is 20.8. The van der Waals surface area contributed by atoms with Gasteiger partial charge in [-0.3, -0.25) is 4.79 Å². The van der Waals surface area contributed by atoms with Crippen molar-refractivity contribution in [1.29, 1.82) is 0 Å². The van der Waals surface area contributed by atoms with Gasteiger partial charge in [0.05, 0.1) is 17.0 Å². The van der Waals surface area contributed by atoms with Gasteiger partial charge in [0.15, 0.2) is 0 Å². The number of piperidine rings is 1.